The molecule has 0 amide bonds. The van der Waals surface area contributed by atoms with Gasteiger partial charge < -0.3 is 9.84 Å². The average molecular weight is 401 g/mol. The molecule has 0 atom stereocenters. The van der Waals surface area contributed by atoms with Crippen LogP contribution in [-0.4, -0.2) is 18.3 Å². The Bertz CT molecular complexity index is 185. The van der Waals surface area contributed by atoms with E-state index in [9.17, 15) is 0 Å². The number of benzene rings is 1. The Hall–Kier alpha value is 0.196. The summed E-state index contributed by atoms with van der Waals surface area (Å²) in [4.78, 5) is 0. The van der Waals surface area contributed by atoms with Crippen LogP contribution < -0.4 is 4.74 Å². The van der Waals surface area contributed by atoms with Crippen LogP contribution >= 0.6 is 24.8 Å². The van der Waals surface area contributed by atoms with E-state index < -0.39 is 0 Å². The minimum absolute atomic E-state index is 0. The number of hydrogen-bond acceptors (Lipinski definition) is 2. The van der Waals surface area contributed by atoms with Crippen LogP contribution in [0.4, 0.5) is 0 Å². The van der Waals surface area contributed by atoms with Crippen molar-refractivity contribution in [2.75, 3.05) is 13.2 Å². The minimum Gasteiger partial charge on any atom is -0.491 e. The van der Waals surface area contributed by atoms with Gasteiger partial charge in [0.05, 0.1) is 6.61 Å². The molecule has 0 bridgehead atoms. The van der Waals surface area contributed by atoms with Crippen LogP contribution in [0.5, 0.6) is 5.75 Å². The summed E-state index contributed by atoms with van der Waals surface area (Å²) in [6.45, 7) is 0.429. The van der Waals surface area contributed by atoms with E-state index in [0.29, 0.717) is 6.61 Å². The van der Waals surface area contributed by atoms with Crippen molar-refractivity contribution in [2.45, 2.75) is 0 Å². The molecule has 0 fully saturated rings. The molecule has 5 heteroatoms. The predicted octanol–water partition coefficient (Wildman–Crippen LogP) is 1.90. The smallest absolute Gasteiger partial charge is 0.119 e. The Morgan fingerprint density at radius 1 is 1.08 bits per heavy atom. The maximum absolute atomic E-state index is 8.40. The van der Waals surface area contributed by atoms with Gasteiger partial charge >= 0.3 is 0 Å². The molecular formula is C8H12Cl2O2Os. The Labute approximate surface area is 104 Å². The van der Waals surface area contributed by atoms with Gasteiger partial charge in [0.1, 0.15) is 12.4 Å². The number of para-hydroxylation sites is 1. The van der Waals surface area contributed by atoms with E-state index in [1.54, 1.807) is 0 Å². The number of aliphatic hydroxyl groups excluding tert-OH is 1. The maximum Gasteiger partial charge on any atom is 0.119 e. The fourth-order valence-corrected chi connectivity index (χ4v) is 0.680. The first-order valence-corrected chi connectivity index (χ1v) is 3.22. The van der Waals surface area contributed by atoms with Gasteiger partial charge in [-0.2, -0.15) is 0 Å². The predicted molar refractivity (Wildman–Crippen MR) is 53.5 cm³/mol. The van der Waals surface area contributed by atoms with E-state index in [-0.39, 0.29) is 51.2 Å². The number of hydrogen-bond donors (Lipinski definition) is 1. The van der Waals surface area contributed by atoms with Crippen LogP contribution in [0, 0.1) is 0 Å². The van der Waals surface area contributed by atoms with Crippen molar-refractivity contribution in [1.82, 2.24) is 0 Å². The van der Waals surface area contributed by atoms with Gasteiger partial charge in [0.2, 0.25) is 0 Å². The third-order valence-corrected chi connectivity index (χ3v) is 1.10. The topological polar surface area (TPSA) is 29.5 Å². The third kappa shape index (κ3) is 8.52. The van der Waals surface area contributed by atoms with E-state index in [0.717, 1.165) is 5.75 Å². The van der Waals surface area contributed by atoms with Crippen LogP contribution in [0.3, 0.4) is 0 Å². The summed E-state index contributed by atoms with van der Waals surface area (Å²) in [5.41, 5.74) is 0. The normalized spacial score (nSPS) is 7.15. The number of ether oxygens (including phenoxy) is 1. The molecule has 0 unspecified atom stereocenters. The van der Waals surface area contributed by atoms with E-state index in [1.165, 1.54) is 0 Å². The summed E-state index contributed by atoms with van der Waals surface area (Å²) in [7, 11) is 0. The first-order chi connectivity index (χ1) is 4.93. The molecule has 1 rings (SSSR count). The fraction of sp³-hybridized carbons (Fsp3) is 0.250. The second-order valence-corrected chi connectivity index (χ2v) is 1.89. The van der Waals surface area contributed by atoms with Gasteiger partial charge in [-0.1, -0.05) is 18.2 Å². The molecule has 0 aliphatic heterocycles. The van der Waals surface area contributed by atoms with Crippen molar-refractivity contribution in [1.29, 1.82) is 0 Å². The number of rotatable bonds is 3. The Morgan fingerprint density at radius 2 is 1.62 bits per heavy atom. The van der Waals surface area contributed by atoms with Gasteiger partial charge in [0, 0.05) is 19.8 Å². The van der Waals surface area contributed by atoms with E-state index >= 15 is 0 Å². The molecular weight excluding hydrogens is 389 g/mol. The summed E-state index contributed by atoms with van der Waals surface area (Å²) in [6.07, 6.45) is 0. The van der Waals surface area contributed by atoms with Crippen molar-refractivity contribution in [3.8, 4) is 5.75 Å². The summed E-state index contributed by atoms with van der Waals surface area (Å²) in [5, 5.41) is 8.40. The van der Waals surface area contributed by atoms with Gasteiger partial charge in [-0.3, -0.25) is 0 Å². The summed E-state index contributed by atoms with van der Waals surface area (Å²) in [6, 6.07) is 9.43. The standard InChI is InChI=1S/C8H10O2.2ClH.Os/c9-6-7-10-8-4-2-1-3-5-8;;;/h1-5,9H,6-7H2;2*1H;. The minimum atomic E-state index is 0. The zero-order valence-corrected chi connectivity index (χ0v) is 11.0. The zero-order valence-electron chi connectivity index (χ0n) is 6.83. The van der Waals surface area contributed by atoms with Gasteiger partial charge in [0.15, 0.2) is 0 Å². The maximum atomic E-state index is 8.40. The monoisotopic (exact) mass is 402 g/mol. The first-order valence-electron chi connectivity index (χ1n) is 3.22. The molecule has 0 aliphatic rings. The molecule has 1 N–H and O–H groups in total. The van der Waals surface area contributed by atoms with Crippen LogP contribution in [0.2, 0.25) is 0 Å². The number of halogens is 2. The quantitative estimate of drug-likeness (QED) is 0.839. The van der Waals surface area contributed by atoms with Crippen molar-refractivity contribution >= 4 is 24.8 Å². The molecule has 0 heterocycles. The molecule has 0 aliphatic carbocycles. The average Bonchev–Trinajstić information content (AvgIpc) is 2.03. The molecule has 2 nitrogen and oxygen atoms in total. The summed E-state index contributed by atoms with van der Waals surface area (Å²) in [5.74, 6) is 0.802. The molecule has 0 radical (unpaired) electrons. The SMILES string of the molecule is Cl.Cl.OCCOc1ccccc1.[Os]. The van der Waals surface area contributed by atoms with E-state index in [2.05, 4.69) is 0 Å². The molecule has 0 aromatic heterocycles. The van der Waals surface area contributed by atoms with Gasteiger partial charge in [-0.05, 0) is 12.1 Å². The Morgan fingerprint density at radius 3 is 2.08 bits per heavy atom. The van der Waals surface area contributed by atoms with Gasteiger partial charge in [0.25, 0.3) is 0 Å². The molecule has 1 aromatic carbocycles. The second kappa shape index (κ2) is 12.2. The fourth-order valence-electron chi connectivity index (χ4n) is 0.680. The van der Waals surface area contributed by atoms with Crippen LogP contribution in [0.1, 0.15) is 0 Å². The van der Waals surface area contributed by atoms with Gasteiger partial charge in [-0.25, -0.2) is 0 Å². The van der Waals surface area contributed by atoms with Crippen LogP contribution in [0.15, 0.2) is 30.3 Å². The second-order valence-electron chi connectivity index (χ2n) is 1.89. The Kier molecular flexibility index (Phi) is 17.7. The van der Waals surface area contributed by atoms with E-state index in [1.807, 2.05) is 30.3 Å². The molecule has 78 valence electrons. The molecule has 0 spiro atoms. The van der Waals surface area contributed by atoms with Crippen molar-refractivity contribution < 1.29 is 29.6 Å². The summed E-state index contributed by atoms with van der Waals surface area (Å²) >= 11 is 0. The van der Waals surface area contributed by atoms with Gasteiger partial charge in [-0.15, -0.1) is 24.8 Å². The largest absolute Gasteiger partial charge is 0.491 e. The van der Waals surface area contributed by atoms with Crippen molar-refractivity contribution in [3.05, 3.63) is 30.3 Å². The van der Waals surface area contributed by atoms with Crippen molar-refractivity contribution in [2.24, 2.45) is 0 Å². The molecule has 0 saturated carbocycles. The molecule has 13 heavy (non-hydrogen) atoms. The van der Waals surface area contributed by atoms with E-state index in [4.69, 9.17) is 9.84 Å². The molecule has 0 saturated heterocycles. The third-order valence-electron chi connectivity index (χ3n) is 1.10. The first kappa shape index (κ1) is 18.9. The molecule has 1 aromatic rings. The van der Waals surface area contributed by atoms with Crippen LogP contribution in [-0.2, 0) is 19.8 Å². The van der Waals surface area contributed by atoms with Crippen LogP contribution in [0.25, 0.3) is 0 Å². The summed E-state index contributed by atoms with van der Waals surface area (Å²) < 4.78 is 5.11. The number of aliphatic hydroxyl groups is 1. The van der Waals surface area contributed by atoms with Crippen molar-refractivity contribution in [3.63, 3.8) is 0 Å². The zero-order chi connectivity index (χ0) is 7.23. The Balaban J connectivity index is -0.000000333.